The van der Waals surface area contributed by atoms with E-state index in [1.807, 2.05) is 13.0 Å². The van der Waals surface area contributed by atoms with Crippen molar-refractivity contribution in [1.29, 1.82) is 0 Å². The lowest BCUT2D eigenvalue weighted by atomic mass is 10.2. The fraction of sp³-hybridized carbons (Fsp3) is 0.692. The van der Waals surface area contributed by atoms with E-state index in [0.717, 1.165) is 37.0 Å². The number of aromatic nitrogens is 2. The Morgan fingerprint density at radius 1 is 1.53 bits per heavy atom. The van der Waals surface area contributed by atoms with Gasteiger partial charge in [0.05, 0.1) is 25.9 Å². The number of aliphatic hydroxyl groups is 1. The van der Waals surface area contributed by atoms with Crippen molar-refractivity contribution in [3.8, 4) is 0 Å². The molecule has 6 nitrogen and oxygen atoms in total. The molecule has 0 radical (unpaired) electrons. The first-order valence-corrected chi connectivity index (χ1v) is 6.79. The summed E-state index contributed by atoms with van der Waals surface area (Å²) in [6, 6.07) is 1.92. The second-order valence-electron chi connectivity index (χ2n) is 4.69. The summed E-state index contributed by atoms with van der Waals surface area (Å²) in [6.45, 7) is 6.91. The Morgan fingerprint density at radius 2 is 2.37 bits per heavy atom. The quantitative estimate of drug-likeness (QED) is 0.821. The molecule has 1 aliphatic rings. The lowest BCUT2D eigenvalue weighted by molar-refractivity contribution is 0.0722. The Kier molecular flexibility index (Phi) is 4.93. The third-order valence-corrected chi connectivity index (χ3v) is 3.11. The van der Waals surface area contributed by atoms with Crippen molar-refractivity contribution >= 4 is 11.6 Å². The lowest BCUT2D eigenvalue weighted by Crippen LogP contribution is -2.48. The molecule has 2 heterocycles. The van der Waals surface area contributed by atoms with Crippen molar-refractivity contribution in [2.24, 2.45) is 0 Å². The van der Waals surface area contributed by atoms with Gasteiger partial charge < -0.3 is 20.1 Å². The van der Waals surface area contributed by atoms with Gasteiger partial charge in [0.2, 0.25) is 0 Å². The van der Waals surface area contributed by atoms with Gasteiger partial charge in [0, 0.05) is 19.2 Å². The molecule has 106 valence electrons. The Bertz CT molecular complexity index is 414. The molecule has 1 fully saturated rings. The summed E-state index contributed by atoms with van der Waals surface area (Å²) in [5, 5.41) is 12.7. The SMILES string of the molecule is CCCNc1cc(N2CCOCC2CO)nc(C)n1. The van der Waals surface area contributed by atoms with E-state index >= 15 is 0 Å². The maximum Gasteiger partial charge on any atom is 0.134 e. The maximum absolute atomic E-state index is 9.42. The van der Waals surface area contributed by atoms with Crippen LogP contribution in [-0.4, -0.2) is 54.0 Å². The first kappa shape index (κ1) is 14.0. The summed E-state index contributed by atoms with van der Waals surface area (Å²) in [5.74, 6) is 2.43. The zero-order chi connectivity index (χ0) is 13.7. The van der Waals surface area contributed by atoms with Gasteiger partial charge in [-0.2, -0.15) is 0 Å². The summed E-state index contributed by atoms with van der Waals surface area (Å²) in [4.78, 5) is 10.9. The fourth-order valence-electron chi connectivity index (χ4n) is 2.15. The highest BCUT2D eigenvalue weighted by Crippen LogP contribution is 2.20. The largest absolute Gasteiger partial charge is 0.394 e. The molecule has 0 bridgehead atoms. The first-order valence-electron chi connectivity index (χ1n) is 6.79. The predicted octanol–water partition coefficient (Wildman–Crippen LogP) is 0.804. The number of rotatable bonds is 5. The number of hydrogen-bond acceptors (Lipinski definition) is 6. The number of morpholine rings is 1. The van der Waals surface area contributed by atoms with E-state index in [-0.39, 0.29) is 12.6 Å². The van der Waals surface area contributed by atoms with E-state index in [1.54, 1.807) is 0 Å². The van der Waals surface area contributed by atoms with E-state index in [9.17, 15) is 5.11 Å². The molecule has 2 rings (SSSR count). The van der Waals surface area contributed by atoms with Crippen LogP contribution in [0, 0.1) is 6.92 Å². The van der Waals surface area contributed by atoms with Crippen molar-refractivity contribution < 1.29 is 9.84 Å². The Balaban J connectivity index is 2.19. The highest BCUT2D eigenvalue weighted by atomic mass is 16.5. The molecular formula is C13H22N4O2. The fourth-order valence-corrected chi connectivity index (χ4v) is 2.15. The number of aliphatic hydroxyl groups excluding tert-OH is 1. The van der Waals surface area contributed by atoms with Gasteiger partial charge in [-0.25, -0.2) is 9.97 Å². The smallest absolute Gasteiger partial charge is 0.134 e. The monoisotopic (exact) mass is 266 g/mol. The van der Waals surface area contributed by atoms with Crippen LogP contribution in [0.2, 0.25) is 0 Å². The summed E-state index contributed by atoms with van der Waals surface area (Å²) >= 11 is 0. The van der Waals surface area contributed by atoms with Gasteiger partial charge in [-0.05, 0) is 13.3 Å². The van der Waals surface area contributed by atoms with Crippen LogP contribution in [0.15, 0.2) is 6.07 Å². The molecule has 1 unspecified atom stereocenters. The number of aryl methyl sites for hydroxylation is 1. The highest BCUT2D eigenvalue weighted by molar-refractivity contribution is 5.50. The molecule has 0 spiro atoms. The van der Waals surface area contributed by atoms with E-state index in [4.69, 9.17) is 4.74 Å². The topological polar surface area (TPSA) is 70.5 Å². The van der Waals surface area contributed by atoms with E-state index < -0.39 is 0 Å². The zero-order valence-electron chi connectivity index (χ0n) is 11.6. The average molecular weight is 266 g/mol. The van der Waals surface area contributed by atoms with Gasteiger partial charge in [0.15, 0.2) is 0 Å². The van der Waals surface area contributed by atoms with Crippen LogP contribution in [0.1, 0.15) is 19.2 Å². The molecular weight excluding hydrogens is 244 g/mol. The number of hydrogen-bond donors (Lipinski definition) is 2. The van der Waals surface area contributed by atoms with E-state index in [1.165, 1.54) is 0 Å². The van der Waals surface area contributed by atoms with Crippen LogP contribution >= 0.6 is 0 Å². The third-order valence-electron chi connectivity index (χ3n) is 3.11. The van der Waals surface area contributed by atoms with Crippen LogP contribution in [0.4, 0.5) is 11.6 Å². The Labute approximate surface area is 113 Å². The first-order chi connectivity index (χ1) is 9.24. The minimum absolute atomic E-state index is 0.0259. The molecule has 19 heavy (non-hydrogen) atoms. The van der Waals surface area contributed by atoms with Gasteiger partial charge in [0.1, 0.15) is 17.5 Å². The van der Waals surface area contributed by atoms with Crippen molar-refractivity contribution in [2.45, 2.75) is 26.3 Å². The average Bonchev–Trinajstić information content (AvgIpc) is 2.44. The van der Waals surface area contributed by atoms with Crippen LogP contribution in [0.25, 0.3) is 0 Å². The molecule has 1 atom stereocenters. The van der Waals surface area contributed by atoms with E-state index in [0.29, 0.717) is 13.2 Å². The molecule has 0 aromatic carbocycles. The Hall–Kier alpha value is -1.40. The summed E-state index contributed by atoms with van der Waals surface area (Å²) < 4.78 is 5.39. The summed E-state index contributed by atoms with van der Waals surface area (Å²) in [6.07, 6.45) is 1.05. The number of anilines is 2. The van der Waals surface area contributed by atoms with Gasteiger partial charge in [-0.1, -0.05) is 6.92 Å². The molecule has 2 N–H and O–H groups in total. The molecule has 0 aliphatic carbocycles. The Morgan fingerprint density at radius 3 is 3.11 bits per heavy atom. The minimum Gasteiger partial charge on any atom is -0.394 e. The third kappa shape index (κ3) is 3.54. The predicted molar refractivity (Wildman–Crippen MR) is 74.6 cm³/mol. The van der Waals surface area contributed by atoms with Gasteiger partial charge >= 0.3 is 0 Å². The van der Waals surface area contributed by atoms with Crippen molar-refractivity contribution in [1.82, 2.24) is 9.97 Å². The standard InChI is InChI=1S/C13H22N4O2/c1-3-4-14-12-7-13(16-10(2)15-12)17-5-6-19-9-11(17)8-18/h7,11,18H,3-6,8-9H2,1-2H3,(H,14,15,16). The normalized spacial score (nSPS) is 19.5. The molecule has 0 amide bonds. The van der Waals surface area contributed by atoms with Gasteiger partial charge in [0.25, 0.3) is 0 Å². The molecule has 1 aliphatic heterocycles. The van der Waals surface area contributed by atoms with Crippen molar-refractivity contribution in [3.05, 3.63) is 11.9 Å². The summed E-state index contributed by atoms with van der Waals surface area (Å²) in [7, 11) is 0. The second-order valence-corrected chi connectivity index (χ2v) is 4.69. The molecule has 6 heteroatoms. The van der Waals surface area contributed by atoms with Crippen LogP contribution in [0.5, 0.6) is 0 Å². The number of nitrogens with one attached hydrogen (secondary N) is 1. The summed E-state index contributed by atoms with van der Waals surface area (Å²) in [5.41, 5.74) is 0. The molecule has 1 aromatic rings. The van der Waals surface area contributed by atoms with Crippen molar-refractivity contribution in [2.75, 3.05) is 43.1 Å². The number of ether oxygens (including phenoxy) is 1. The van der Waals surface area contributed by atoms with Gasteiger partial charge in [-0.15, -0.1) is 0 Å². The van der Waals surface area contributed by atoms with Crippen LogP contribution in [0.3, 0.4) is 0 Å². The van der Waals surface area contributed by atoms with Crippen LogP contribution < -0.4 is 10.2 Å². The van der Waals surface area contributed by atoms with E-state index in [2.05, 4.69) is 27.1 Å². The number of nitrogens with zero attached hydrogens (tertiary/aromatic N) is 3. The zero-order valence-corrected chi connectivity index (χ0v) is 11.6. The second kappa shape index (κ2) is 6.68. The minimum atomic E-state index is -0.0259. The van der Waals surface area contributed by atoms with Crippen LogP contribution in [-0.2, 0) is 4.74 Å². The molecule has 1 aromatic heterocycles. The lowest BCUT2D eigenvalue weighted by Gasteiger charge is -2.35. The maximum atomic E-state index is 9.42. The molecule has 0 saturated carbocycles. The van der Waals surface area contributed by atoms with Crippen molar-refractivity contribution in [3.63, 3.8) is 0 Å². The molecule has 1 saturated heterocycles. The van der Waals surface area contributed by atoms with Gasteiger partial charge in [-0.3, -0.25) is 0 Å². The highest BCUT2D eigenvalue weighted by Gasteiger charge is 2.24.